The molecule has 0 aliphatic heterocycles. The molecule has 3 N–H and O–H groups in total. The fraction of sp³-hybridized carbons (Fsp3) is 0.294. The van der Waals surface area contributed by atoms with Crippen molar-refractivity contribution in [2.75, 3.05) is 6.61 Å². The molecule has 4 nitrogen and oxygen atoms in total. The highest BCUT2D eigenvalue weighted by atomic mass is 79.9. The molecule has 136 valence electrons. The number of aliphatic hydroxyl groups is 2. The molecule has 0 aromatic heterocycles. The van der Waals surface area contributed by atoms with Crippen LogP contribution in [0.4, 0.5) is 0 Å². The second kappa shape index (κ2) is 8.27. The molecule has 0 atom stereocenters. The standard InChI is InChI=1S/C17H16Br4O4/c1-17(2,8-3-5-9(6-4-8)25-7-10(22)23)11-12(18)14(20)16(24)15(21)13(11)19/h3-6,10,22-24H,7H2,1-2H3. The molecule has 0 aliphatic rings. The van der Waals surface area contributed by atoms with Crippen LogP contribution in [0.3, 0.4) is 0 Å². The van der Waals surface area contributed by atoms with E-state index in [9.17, 15) is 5.11 Å². The summed E-state index contributed by atoms with van der Waals surface area (Å²) in [7, 11) is 0. The molecule has 2 aromatic carbocycles. The number of ether oxygens (including phenoxy) is 1. The van der Waals surface area contributed by atoms with Crippen LogP contribution in [0.2, 0.25) is 0 Å². The molecule has 25 heavy (non-hydrogen) atoms. The van der Waals surface area contributed by atoms with Crippen LogP contribution in [-0.4, -0.2) is 28.2 Å². The van der Waals surface area contributed by atoms with Crippen molar-refractivity contribution in [3.63, 3.8) is 0 Å². The van der Waals surface area contributed by atoms with Crippen LogP contribution in [0.15, 0.2) is 42.2 Å². The molecule has 0 bridgehead atoms. The van der Waals surface area contributed by atoms with Gasteiger partial charge in [0, 0.05) is 14.4 Å². The summed E-state index contributed by atoms with van der Waals surface area (Å²) in [5.41, 5.74) is 1.59. The zero-order valence-electron chi connectivity index (χ0n) is 13.4. The van der Waals surface area contributed by atoms with Gasteiger partial charge in [0.15, 0.2) is 6.29 Å². The SMILES string of the molecule is CC(C)(c1ccc(OCC(O)O)cc1)c1c(Br)c(Br)c(O)c(Br)c1Br. The van der Waals surface area contributed by atoms with Crippen LogP contribution in [0.5, 0.6) is 11.5 Å². The summed E-state index contributed by atoms with van der Waals surface area (Å²) in [6.45, 7) is 3.96. The maximum Gasteiger partial charge on any atom is 0.186 e. The van der Waals surface area contributed by atoms with Crippen molar-refractivity contribution in [2.45, 2.75) is 25.6 Å². The van der Waals surface area contributed by atoms with Gasteiger partial charge in [-0.3, -0.25) is 0 Å². The molecule has 2 rings (SSSR count). The summed E-state index contributed by atoms with van der Waals surface area (Å²) in [4.78, 5) is 0. The first-order chi connectivity index (χ1) is 11.6. The average molecular weight is 604 g/mol. The number of benzene rings is 2. The molecule has 0 amide bonds. The van der Waals surface area contributed by atoms with Gasteiger partial charge in [0.25, 0.3) is 0 Å². The maximum absolute atomic E-state index is 10.2. The number of halogens is 4. The van der Waals surface area contributed by atoms with E-state index in [1.54, 1.807) is 12.1 Å². The zero-order valence-corrected chi connectivity index (χ0v) is 19.7. The zero-order chi connectivity index (χ0) is 18.9. The third-order valence-corrected chi connectivity index (χ3v) is 8.03. The van der Waals surface area contributed by atoms with Gasteiger partial charge in [-0.15, -0.1) is 0 Å². The smallest absolute Gasteiger partial charge is 0.186 e. The van der Waals surface area contributed by atoms with Gasteiger partial charge >= 0.3 is 0 Å². The fourth-order valence-corrected chi connectivity index (χ4v) is 5.54. The normalized spacial score (nSPS) is 11.9. The molecule has 0 heterocycles. The van der Waals surface area contributed by atoms with E-state index in [4.69, 9.17) is 14.9 Å². The van der Waals surface area contributed by atoms with Gasteiger partial charge in [-0.1, -0.05) is 26.0 Å². The van der Waals surface area contributed by atoms with E-state index in [0.717, 1.165) is 20.1 Å². The summed E-state index contributed by atoms with van der Waals surface area (Å²) in [5, 5.41) is 27.9. The summed E-state index contributed by atoms with van der Waals surface area (Å²) >= 11 is 14.0. The van der Waals surface area contributed by atoms with E-state index in [-0.39, 0.29) is 12.4 Å². The van der Waals surface area contributed by atoms with E-state index in [0.29, 0.717) is 14.7 Å². The van der Waals surface area contributed by atoms with Crippen molar-refractivity contribution < 1.29 is 20.1 Å². The van der Waals surface area contributed by atoms with Crippen molar-refractivity contribution in [2.24, 2.45) is 0 Å². The molecule has 0 saturated heterocycles. The Balaban J connectivity index is 2.46. The van der Waals surface area contributed by atoms with Crippen LogP contribution in [-0.2, 0) is 5.41 Å². The van der Waals surface area contributed by atoms with Crippen molar-refractivity contribution in [3.8, 4) is 11.5 Å². The molecule has 0 unspecified atom stereocenters. The lowest BCUT2D eigenvalue weighted by molar-refractivity contribution is -0.0680. The lowest BCUT2D eigenvalue weighted by Gasteiger charge is -2.30. The van der Waals surface area contributed by atoms with Gasteiger partial charge < -0.3 is 20.1 Å². The molecule has 0 spiro atoms. The predicted molar refractivity (Wildman–Crippen MR) is 111 cm³/mol. The summed E-state index contributed by atoms with van der Waals surface area (Å²) < 4.78 is 7.94. The molecule has 2 aromatic rings. The van der Waals surface area contributed by atoms with Crippen molar-refractivity contribution in [3.05, 3.63) is 53.3 Å². The minimum absolute atomic E-state index is 0.115. The van der Waals surface area contributed by atoms with Crippen LogP contribution in [0, 0.1) is 0 Å². The second-order valence-corrected chi connectivity index (χ2v) is 9.09. The lowest BCUT2D eigenvalue weighted by Crippen LogP contribution is -2.21. The summed E-state index contributed by atoms with van der Waals surface area (Å²) in [5.74, 6) is 0.670. The Morgan fingerprint density at radius 3 is 1.84 bits per heavy atom. The third kappa shape index (κ3) is 4.42. The quantitative estimate of drug-likeness (QED) is 0.314. The van der Waals surface area contributed by atoms with E-state index < -0.39 is 11.7 Å². The number of phenolic OH excluding ortho intramolecular Hbond substituents is 1. The lowest BCUT2D eigenvalue weighted by atomic mass is 9.78. The highest BCUT2D eigenvalue weighted by molar-refractivity contribution is 9.14. The van der Waals surface area contributed by atoms with Crippen molar-refractivity contribution in [1.29, 1.82) is 0 Å². The largest absolute Gasteiger partial charge is 0.505 e. The fourth-order valence-electron chi connectivity index (χ4n) is 2.45. The van der Waals surface area contributed by atoms with Crippen molar-refractivity contribution in [1.82, 2.24) is 0 Å². The molecular formula is C17H16Br4O4. The summed E-state index contributed by atoms with van der Waals surface area (Å²) in [6.07, 6.45) is -1.50. The van der Waals surface area contributed by atoms with Crippen LogP contribution < -0.4 is 4.74 Å². The number of hydrogen-bond donors (Lipinski definition) is 3. The molecule has 0 saturated carbocycles. The first-order valence-electron chi connectivity index (χ1n) is 7.22. The Kier molecular flexibility index (Phi) is 7.01. The Morgan fingerprint density at radius 1 is 0.920 bits per heavy atom. The predicted octanol–water partition coefficient (Wildman–Crippen LogP) is 5.46. The molecule has 8 heteroatoms. The highest BCUT2D eigenvalue weighted by Gasteiger charge is 2.31. The summed E-state index contributed by atoms with van der Waals surface area (Å²) in [6, 6.07) is 7.41. The Hall–Kier alpha value is -0.120. The molecule has 0 fully saturated rings. The van der Waals surface area contributed by atoms with E-state index >= 15 is 0 Å². The molecular weight excluding hydrogens is 588 g/mol. The third-order valence-electron chi connectivity index (χ3n) is 3.84. The van der Waals surface area contributed by atoms with E-state index in [2.05, 4.69) is 77.6 Å². The van der Waals surface area contributed by atoms with Crippen LogP contribution >= 0.6 is 63.7 Å². The Morgan fingerprint density at radius 2 is 1.40 bits per heavy atom. The van der Waals surface area contributed by atoms with Gasteiger partial charge in [-0.25, -0.2) is 0 Å². The average Bonchev–Trinajstić information content (AvgIpc) is 2.56. The van der Waals surface area contributed by atoms with Gasteiger partial charge in [-0.2, -0.15) is 0 Å². The van der Waals surface area contributed by atoms with E-state index in [1.165, 1.54) is 0 Å². The minimum Gasteiger partial charge on any atom is -0.505 e. The van der Waals surface area contributed by atoms with Gasteiger partial charge in [0.05, 0.1) is 8.95 Å². The van der Waals surface area contributed by atoms with Crippen LogP contribution in [0.1, 0.15) is 25.0 Å². The monoisotopic (exact) mass is 600 g/mol. The van der Waals surface area contributed by atoms with E-state index in [1.807, 2.05) is 12.1 Å². The highest BCUT2D eigenvalue weighted by Crippen LogP contribution is 2.51. The van der Waals surface area contributed by atoms with Gasteiger partial charge in [0.1, 0.15) is 18.1 Å². The number of phenols is 1. The maximum atomic E-state index is 10.2. The van der Waals surface area contributed by atoms with Gasteiger partial charge in [-0.05, 0) is 87.0 Å². The number of aliphatic hydroxyl groups excluding tert-OH is 1. The minimum atomic E-state index is -1.50. The molecule has 0 radical (unpaired) electrons. The number of aromatic hydroxyl groups is 1. The second-order valence-electron chi connectivity index (χ2n) is 5.92. The van der Waals surface area contributed by atoms with Crippen LogP contribution in [0.25, 0.3) is 0 Å². The topological polar surface area (TPSA) is 69.9 Å². The first kappa shape index (κ1) is 21.2. The Labute approximate surface area is 179 Å². The number of hydrogen-bond acceptors (Lipinski definition) is 4. The molecule has 0 aliphatic carbocycles. The van der Waals surface area contributed by atoms with Gasteiger partial charge in [0.2, 0.25) is 0 Å². The van der Waals surface area contributed by atoms with Crippen molar-refractivity contribution >= 4 is 63.7 Å². The first-order valence-corrected chi connectivity index (χ1v) is 10.4. The Bertz CT molecular complexity index is 744. The number of rotatable bonds is 5.